The molecule has 1 N–H and O–H groups in total. The van der Waals surface area contributed by atoms with E-state index in [2.05, 4.69) is 0 Å². The number of aliphatic hydroxyl groups is 1. The van der Waals surface area contributed by atoms with Crippen LogP contribution in [0.1, 0.15) is 27.2 Å². The number of rotatable bonds is 6. The van der Waals surface area contributed by atoms with Gasteiger partial charge in [-0.3, -0.25) is 14.4 Å². The second-order valence-corrected chi connectivity index (χ2v) is 12.3. The number of hydrogen-bond donors (Lipinski definition) is 1. The van der Waals surface area contributed by atoms with Crippen molar-refractivity contribution in [2.75, 3.05) is 29.5 Å². The summed E-state index contributed by atoms with van der Waals surface area (Å²) >= 11 is 6.14. The van der Waals surface area contributed by atoms with Crippen molar-refractivity contribution in [1.82, 2.24) is 4.90 Å². The number of para-hydroxylation sites is 1. The van der Waals surface area contributed by atoms with Crippen LogP contribution in [0.15, 0.2) is 78.9 Å². The lowest BCUT2D eigenvalue weighted by molar-refractivity contribution is -0.150. The minimum atomic E-state index is -1.40. The number of nitrogens with zero attached hydrogens (tertiary/aromatic N) is 3. The summed E-state index contributed by atoms with van der Waals surface area (Å²) in [7, 11) is 0. The van der Waals surface area contributed by atoms with Crippen molar-refractivity contribution in [2.45, 2.75) is 50.5 Å². The van der Waals surface area contributed by atoms with Gasteiger partial charge in [-0.1, -0.05) is 74.9 Å². The summed E-state index contributed by atoms with van der Waals surface area (Å²) in [5.74, 6) is -2.86. The molecule has 2 saturated heterocycles. The van der Waals surface area contributed by atoms with E-state index in [0.29, 0.717) is 23.7 Å². The van der Waals surface area contributed by atoms with Gasteiger partial charge in [0, 0.05) is 29.5 Å². The minimum Gasteiger partial charge on any atom is -0.394 e. The Morgan fingerprint density at radius 3 is 2.12 bits per heavy atom. The van der Waals surface area contributed by atoms with Gasteiger partial charge in [-0.2, -0.15) is 0 Å². The van der Waals surface area contributed by atoms with Crippen molar-refractivity contribution in [3.8, 4) is 0 Å². The van der Waals surface area contributed by atoms with E-state index in [9.17, 15) is 19.5 Å². The maximum atomic E-state index is 14.7. The zero-order chi connectivity index (χ0) is 29.8. The lowest BCUT2D eigenvalue weighted by Gasteiger charge is -2.41. The summed E-state index contributed by atoms with van der Waals surface area (Å²) in [4.78, 5) is 48.8. The Labute approximate surface area is 251 Å². The van der Waals surface area contributed by atoms with Crippen molar-refractivity contribution in [2.24, 2.45) is 17.8 Å². The molecule has 1 spiro atoms. The molecule has 8 nitrogen and oxygen atoms in total. The van der Waals surface area contributed by atoms with Crippen LogP contribution in [-0.4, -0.2) is 70.7 Å². The fraction of sp³-hybridized carbons (Fsp3) is 0.424. The normalized spacial score (nSPS) is 31.2. The first-order chi connectivity index (χ1) is 20.2. The first-order valence-electron chi connectivity index (χ1n) is 14.6. The number of ether oxygens (including phenoxy) is 1. The van der Waals surface area contributed by atoms with E-state index in [1.165, 1.54) is 4.90 Å². The maximum absolute atomic E-state index is 14.7. The van der Waals surface area contributed by atoms with Crippen molar-refractivity contribution >= 4 is 40.7 Å². The Morgan fingerprint density at radius 2 is 1.50 bits per heavy atom. The number of carbonyl (C=O) groups is 3. The molecule has 4 aliphatic heterocycles. The average Bonchev–Trinajstić information content (AvgIpc) is 3.27. The molecule has 3 amide bonds. The second-order valence-electron chi connectivity index (χ2n) is 11.9. The smallest absolute Gasteiger partial charge is 0.253 e. The number of aliphatic hydroxyl groups excluding tert-OH is 1. The highest BCUT2D eigenvalue weighted by molar-refractivity contribution is 6.30. The van der Waals surface area contributed by atoms with Crippen LogP contribution in [-0.2, 0) is 19.1 Å². The minimum absolute atomic E-state index is 0.152. The van der Waals surface area contributed by atoms with Gasteiger partial charge in [0.2, 0.25) is 11.8 Å². The van der Waals surface area contributed by atoms with Gasteiger partial charge in [0.05, 0.1) is 30.1 Å². The maximum Gasteiger partial charge on any atom is 0.253 e. The summed E-state index contributed by atoms with van der Waals surface area (Å²) < 4.78 is 7.05. The molecule has 42 heavy (non-hydrogen) atoms. The number of likely N-dealkylation sites (tertiary alicyclic amines) is 1. The molecular formula is C33H36ClN3O5. The van der Waals surface area contributed by atoms with Gasteiger partial charge >= 0.3 is 0 Å². The second kappa shape index (κ2) is 10.7. The van der Waals surface area contributed by atoms with E-state index in [1.54, 1.807) is 34.1 Å². The lowest BCUT2D eigenvalue weighted by Crippen LogP contribution is -2.60. The van der Waals surface area contributed by atoms with Crippen LogP contribution in [0.2, 0.25) is 5.02 Å². The predicted octanol–water partition coefficient (Wildman–Crippen LogP) is 4.22. The lowest BCUT2D eigenvalue weighted by atomic mass is 9.73. The van der Waals surface area contributed by atoms with Gasteiger partial charge in [-0.15, -0.1) is 0 Å². The summed E-state index contributed by atoms with van der Waals surface area (Å²) in [5, 5.41) is 11.1. The molecule has 1 unspecified atom stereocenters. The van der Waals surface area contributed by atoms with Gasteiger partial charge < -0.3 is 24.5 Å². The molecule has 4 heterocycles. The first-order valence-corrected chi connectivity index (χ1v) is 15.0. The van der Waals surface area contributed by atoms with Gasteiger partial charge in [-0.05, 0) is 48.7 Å². The van der Waals surface area contributed by atoms with E-state index in [-0.39, 0.29) is 36.8 Å². The molecule has 2 aromatic rings. The van der Waals surface area contributed by atoms with Crippen molar-refractivity contribution in [3.05, 3.63) is 83.9 Å². The summed E-state index contributed by atoms with van der Waals surface area (Å²) in [5.41, 5.74) is -1.12. The highest BCUT2D eigenvalue weighted by atomic mass is 35.5. The molecule has 0 radical (unpaired) electrons. The highest BCUT2D eigenvalue weighted by Crippen LogP contribution is 2.59. The van der Waals surface area contributed by atoms with Crippen LogP contribution >= 0.6 is 11.6 Å². The molecule has 0 aromatic heterocycles. The number of halogens is 1. The summed E-state index contributed by atoms with van der Waals surface area (Å²) in [6, 6.07) is 14.7. The Bertz CT molecular complexity index is 1440. The van der Waals surface area contributed by atoms with Gasteiger partial charge in [0.25, 0.3) is 5.91 Å². The van der Waals surface area contributed by atoms with Gasteiger partial charge in [-0.25, -0.2) is 0 Å². The molecule has 4 aliphatic rings. The topological polar surface area (TPSA) is 90.4 Å². The fourth-order valence-corrected chi connectivity index (χ4v) is 7.50. The third kappa shape index (κ3) is 4.14. The molecule has 220 valence electrons. The zero-order valence-electron chi connectivity index (χ0n) is 24.0. The quantitative estimate of drug-likeness (QED) is 0.510. The molecule has 2 fully saturated rings. The number of anilines is 2. The Morgan fingerprint density at radius 1 is 0.881 bits per heavy atom. The van der Waals surface area contributed by atoms with Crippen LogP contribution < -0.4 is 9.80 Å². The predicted molar refractivity (Wildman–Crippen MR) is 161 cm³/mol. The molecule has 6 atom stereocenters. The molecule has 2 aromatic carbocycles. The number of hydrogen-bond acceptors (Lipinski definition) is 5. The molecule has 6 rings (SSSR count). The van der Waals surface area contributed by atoms with Crippen LogP contribution in [0.4, 0.5) is 11.4 Å². The Balaban J connectivity index is 1.53. The van der Waals surface area contributed by atoms with Crippen molar-refractivity contribution in [1.29, 1.82) is 0 Å². The van der Waals surface area contributed by atoms with E-state index >= 15 is 0 Å². The molecule has 9 heteroatoms. The fourth-order valence-electron chi connectivity index (χ4n) is 7.37. The van der Waals surface area contributed by atoms with Crippen LogP contribution in [0, 0.1) is 17.8 Å². The molecule has 0 bridgehead atoms. The van der Waals surface area contributed by atoms with Crippen LogP contribution in [0.3, 0.4) is 0 Å². The largest absolute Gasteiger partial charge is 0.394 e. The zero-order valence-corrected chi connectivity index (χ0v) is 24.8. The standard InChI is InChI=1S/C33H36ClN3O5/c1-4-32-16-8-18-35(23-10-6-5-7-11-23)29(39)26(32)27-30(40)37(25(20-38)21(2)3)28-31(41)36(19-9-17-33(27,28)42-32)24-14-12-22(34)13-15-24/h5-17,21,25-28,38H,4,18-20H2,1-3H3/t25-,26+,27-,28?,32-,33-/m0/s1. The first kappa shape index (κ1) is 28.6. The number of carbonyl (C=O) groups excluding carboxylic acids is 3. The third-order valence-electron chi connectivity index (χ3n) is 9.40. The highest BCUT2D eigenvalue weighted by Gasteiger charge is 2.76. The summed E-state index contributed by atoms with van der Waals surface area (Å²) in [6.45, 7) is 6.05. The third-order valence-corrected chi connectivity index (χ3v) is 9.65. The Hall–Kier alpha value is -3.46. The van der Waals surface area contributed by atoms with Gasteiger partial charge in [0.1, 0.15) is 11.6 Å². The van der Waals surface area contributed by atoms with Gasteiger partial charge in [0.15, 0.2) is 0 Å². The molecule has 0 saturated carbocycles. The van der Waals surface area contributed by atoms with E-state index in [1.807, 2.05) is 75.4 Å². The Kier molecular flexibility index (Phi) is 7.28. The SMILES string of the molecule is CC[C@]12C=CCN(c3ccccc3)C(=O)[C@H]1[C@H]1C(=O)N([C@@H](CO)C(C)C)C3C(=O)N(c4ccc(Cl)cc4)CC=C[C@@]31O2. The van der Waals surface area contributed by atoms with Crippen LogP contribution in [0.25, 0.3) is 0 Å². The van der Waals surface area contributed by atoms with Crippen LogP contribution in [0.5, 0.6) is 0 Å². The number of amides is 3. The monoisotopic (exact) mass is 589 g/mol. The number of benzene rings is 2. The molecule has 0 aliphatic carbocycles. The van der Waals surface area contributed by atoms with E-state index in [4.69, 9.17) is 16.3 Å². The average molecular weight is 590 g/mol. The van der Waals surface area contributed by atoms with E-state index in [0.717, 1.165) is 5.69 Å². The van der Waals surface area contributed by atoms with Crippen molar-refractivity contribution < 1.29 is 24.2 Å². The van der Waals surface area contributed by atoms with Crippen molar-refractivity contribution in [3.63, 3.8) is 0 Å². The van der Waals surface area contributed by atoms with E-state index < -0.39 is 35.1 Å². The number of fused-ring (bicyclic) bond motifs is 2. The summed E-state index contributed by atoms with van der Waals surface area (Å²) in [6.07, 6.45) is 7.99. The molecular weight excluding hydrogens is 554 g/mol.